The van der Waals surface area contributed by atoms with Gasteiger partial charge in [-0.15, -0.1) is 0 Å². The number of anilines is 1. The zero-order chi connectivity index (χ0) is 9.14. The van der Waals surface area contributed by atoms with Crippen LogP contribution in [0.2, 0.25) is 0 Å². The van der Waals surface area contributed by atoms with Crippen LogP contribution in [0.25, 0.3) is 0 Å². The normalized spacial score (nSPS) is 8.92. The van der Waals surface area contributed by atoms with E-state index >= 15 is 0 Å². The minimum Gasteiger partial charge on any atom is -0.871 e. The molecule has 0 saturated heterocycles. The molecule has 2 N–H and O–H groups in total. The van der Waals surface area contributed by atoms with Crippen LogP contribution in [0.4, 0.5) is 5.69 Å². The Morgan fingerprint density at radius 2 is 2.08 bits per heavy atom. The number of nitrogens with zero attached hydrogens (tertiary/aromatic N) is 1. The molecule has 0 atom stereocenters. The molecule has 0 heterocycles. The van der Waals surface area contributed by atoms with E-state index in [4.69, 9.17) is 5.73 Å². The molecule has 0 saturated carbocycles. The molecule has 1 aromatic rings. The maximum atomic E-state index is 10.8. The van der Waals surface area contributed by atoms with Gasteiger partial charge in [0.2, 0.25) is 0 Å². The van der Waals surface area contributed by atoms with Gasteiger partial charge in [-0.3, -0.25) is 10.1 Å². The number of hydrogen-bond acceptors (Lipinski definition) is 5. The summed E-state index contributed by atoms with van der Waals surface area (Å²) < 4.78 is -0.556. The molecule has 0 aliphatic rings. The Bertz CT molecular complexity index is 321. The van der Waals surface area contributed by atoms with Gasteiger partial charge in [-0.25, -0.2) is 0 Å². The molecule has 0 spiro atoms. The van der Waals surface area contributed by atoms with E-state index in [-0.39, 0.29) is 41.0 Å². The van der Waals surface area contributed by atoms with Gasteiger partial charge in [0.05, 0.1) is 4.90 Å². The van der Waals surface area contributed by atoms with E-state index in [1.54, 1.807) is 0 Å². The zero-order valence-electron chi connectivity index (χ0n) is 6.89. The second-order valence-electron chi connectivity index (χ2n) is 2.01. The minimum absolute atomic E-state index is 0. The molecule has 0 bridgehead atoms. The Balaban J connectivity index is 0.00000144. The van der Waals surface area contributed by atoms with Gasteiger partial charge < -0.3 is 10.8 Å². The molecule has 5 nitrogen and oxygen atoms in total. The molecule has 0 radical (unpaired) electrons. The Labute approximate surface area is 101 Å². The molecule has 1 aromatic carbocycles. The maximum Gasteiger partial charge on any atom is 1.00 e. The van der Waals surface area contributed by atoms with E-state index in [1.165, 1.54) is 18.2 Å². The van der Waals surface area contributed by atoms with E-state index in [9.17, 15) is 15.2 Å². The quantitative estimate of drug-likeness (QED) is 0.193. The number of nitrogens with two attached hydrogens (primary N) is 1. The van der Waals surface area contributed by atoms with Crippen LogP contribution < -0.4 is 40.4 Å². The summed E-state index contributed by atoms with van der Waals surface area (Å²) in [5.74, 6) is -0.317. The predicted octanol–water partition coefficient (Wildman–Crippen LogP) is -2.37. The number of rotatable bonds is 2. The molecule has 0 aliphatic carbocycles. The standard InChI is InChI=1S/C6H6N2O3S.Na/c7-5-3-4(12-8(10)11)1-2-6(5)9;/h1-3,9H,7H2;/q;+1/p-1. The third-order valence-electron chi connectivity index (χ3n) is 1.16. The summed E-state index contributed by atoms with van der Waals surface area (Å²) in [6, 6.07) is 3.86. The first-order chi connectivity index (χ1) is 5.59. The van der Waals surface area contributed by atoms with Crippen molar-refractivity contribution < 1.29 is 39.0 Å². The van der Waals surface area contributed by atoms with Crippen molar-refractivity contribution >= 4 is 17.6 Å². The Morgan fingerprint density at radius 3 is 2.54 bits per heavy atom. The van der Waals surface area contributed by atoms with Crippen molar-refractivity contribution in [1.29, 1.82) is 0 Å². The van der Waals surface area contributed by atoms with Crippen LogP contribution in [0.15, 0.2) is 23.1 Å². The van der Waals surface area contributed by atoms with E-state index < -0.39 is 4.33 Å². The summed E-state index contributed by atoms with van der Waals surface area (Å²) in [5.41, 5.74) is 5.28. The number of nitrogen functional groups attached to an aromatic ring is 1. The number of benzene rings is 1. The molecule has 0 unspecified atom stereocenters. The molecule has 1 rings (SSSR count). The third kappa shape index (κ3) is 3.86. The average molecular weight is 208 g/mol. The summed E-state index contributed by atoms with van der Waals surface area (Å²) in [5, 5.41) is 20.8. The van der Waals surface area contributed by atoms with Crippen molar-refractivity contribution in [3.63, 3.8) is 0 Å². The van der Waals surface area contributed by atoms with Crippen molar-refractivity contribution in [2.75, 3.05) is 5.73 Å². The molecule has 0 aromatic heterocycles. The van der Waals surface area contributed by atoms with Crippen LogP contribution in [-0.4, -0.2) is 4.33 Å². The molecular formula is C6H5N2NaO3S. The van der Waals surface area contributed by atoms with Gasteiger partial charge in [0.25, 0.3) is 11.9 Å². The van der Waals surface area contributed by atoms with Crippen molar-refractivity contribution in [3.05, 3.63) is 28.3 Å². The van der Waals surface area contributed by atoms with E-state index in [2.05, 4.69) is 0 Å². The van der Waals surface area contributed by atoms with Crippen LogP contribution in [-0.2, 0) is 0 Å². The topological polar surface area (TPSA) is 92.2 Å². The van der Waals surface area contributed by atoms with Gasteiger partial charge in [-0.1, -0.05) is 11.8 Å². The first-order valence-corrected chi connectivity index (χ1v) is 3.76. The van der Waals surface area contributed by atoms with Crippen molar-refractivity contribution in [3.8, 4) is 5.75 Å². The fourth-order valence-electron chi connectivity index (χ4n) is 0.669. The fraction of sp³-hybridized carbons (Fsp3) is 0. The van der Waals surface area contributed by atoms with Crippen molar-refractivity contribution in [1.82, 2.24) is 0 Å². The molecule has 64 valence electrons. The van der Waals surface area contributed by atoms with E-state index in [1.807, 2.05) is 0 Å². The second-order valence-corrected chi connectivity index (χ2v) is 2.97. The maximum absolute atomic E-state index is 10.8. The first-order valence-electron chi connectivity index (χ1n) is 2.98. The molecule has 7 heteroatoms. The Kier molecular flexibility index (Phi) is 5.16. The zero-order valence-corrected chi connectivity index (χ0v) is 9.71. The Hall–Kier alpha value is -0.430. The van der Waals surface area contributed by atoms with Crippen LogP contribution >= 0.6 is 11.9 Å². The average Bonchev–Trinajstić information content (AvgIpc) is 1.96. The van der Waals surface area contributed by atoms with Crippen LogP contribution in [0.3, 0.4) is 0 Å². The van der Waals surface area contributed by atoms with Gasteiger partial charge >= 0.3 is 29.6 Å². The summed E-state index contributed by atoms with van der Waals surface area (Å²) in [6.07, 6.45) is 0. The van der Waals surface area contributed by atoms with Gasteiger partial charge in [0, 0.05) is 5.69 Å². The summed E-state index contributed by atoms with van der Waals surface area (Å²) in [7, 11) is 0. The smallest absolute Gasteiger partial charge is 0.871 e. The van der Waals surface area contributed by atoms with Gasteiger partial charge in [-0.2, -0.15) is 0 Å². The van der Waals surface area contributed by atoms with E-state index in [0.29, 0.717) is 16.8 Å². The predicted molar refractivity (Wildman–Crippen MR) is 43.2 cm³/mol. The SMILES string of the molecule is Nc1cc(S[N+](=O)[O-])ccc1[O-].[Na+]. The summed E-state index contributed by atoms with van der Waals surface area (Å²) >= 11 is 0.425. The molecule has 0 aliphatic heterocycles. The monoisotopic (exact) mass is 208 g/mol. The third-order valence-corrected chi connectivity index (χ3v) is 1.78. The van der Waals surface area contributed by atoms with E-state index in [0.717, 1.165) is 0 Å². The first kappa shape index (κ1) is 12.6. The number of nitro groups is 1. The van der Waals surface area contributed by atoms with Gasteiger partial charge in [0.15, 0.2) is 0 Å². The van der Waals surface area contributed by atoms with Gasteiger partial charge in [0.1, 0.15) is 4.33 Å². The number of hydrogen-bond donors (Lipinski definition) is 1. The van der Waals surface area contributed by atoms with Crippen molar-refractivity contribution in [2.24, 2.45) is 0 Å². The van der Waals surface area contributed by atoms with Crippen molar-refractivity contribution in [2.45, 2.75) is 4.90 Å². The molecule has 0 fully saturated rings. The van der Waals surface area contributed by atoms with Crippen LogP contribution in [0.5, 0.6) is 5.75 Å². The summed E-state index contributed by atoms with van der Waals surface area (Å²) in [4.78, 5) is 10.4. The van der Waals surface area contributed by atoms with Gasteiger partial charge in [-0.05, 0) is 12.1 Å². The minimum atomic E-state index is -0.556. The van der Waals surface area contributed by atoms with Crippen LogP contribution in [0.1, 0.15) is 0 Å². The molecule has 13 heavy (non-hydrogen) atoms. The molecular weight excluding hydrogens is 203 g/mol. The fourth-order valence-corrected chi connectivity index (χ4v) is 1.15. The molecule has 0 amide bonds. The summed E-state index contributed by atoms with van der Waals surface area (Å²) in [6.45, 7) is 0. The Morgan fingerprint density at radius 1 is 1.46 bits per heavy atom. The second kappa shape index (κ2) is 5.33. The largest absolute Gasteiger partial charge is 1.00 e. The van der Waals surface area contributed by atoms with Crippen LogP contribution in [0, 0.1) is 10.1 Å².